The molecular formula is C26H48N2. The third kappa shape index (κ3) is 15.1. The van der Waals surface area contributed by atoms with Gasteiger partial charge in [0.05, 0.1) is 0 Å². The summed E-state index contributed by atoms with van der Waals surface area (Å²) in [5.41, 5.74) is 2.83. The lowest BCUT2D eigenvalue weighted by Crippen LogP contribution is -2.16. The fraction of sp³-hybridized carbons (Fsp3) is 0.769. The van der Waals surface area contributed by atoms with Gasteiger partial charge in [0, 0.05) is 13.1 Å². The molecule has 2 nitrogen and oxygen atoms in total. The second-order valence-corrected chi connectivity index (χ2v) is 8.42. The molecule has 162 valence electrons. The van der Waals surface area contributed by atoms with Crippen LogP contribution < -0.4 is 10.6 Å². The van der Waals surface area contributed by atoms with Gasteiger partial charge in [0.25, 0.3) is 0 Å². The summed E-state index contributed by atoms with van der Waals surface area (Å²) in [6.07, 6.45) is 19.4. The first-order valence-electron chi connectivity index (χ1n) is 12.4. The Hall–Kier alpha value is -0.860. The zero-order valence-electron chi connectivity index (χ0n) is 19.0. The van der Waals surface area contributed by atoms with Gasteiger partial charge < -0.3 is 10.6 Å². The SMILES string of the molecule is CCCCCCCCCNCc1cccc(CNCCCCCCCCC)c1. The predicted molar refractivity (Wildman–Crippen MR) is 126 cm³/mol. The van der Waals surface area contributed by atoms with Gasteiger partial charge in [0.2, 0.25) is 0 Å². The zero-order chi connectivity index (χ0) is 20.1. The lowest BCUT2D eigenvalue weighted by atomic mass is 10.1. The highest BCUT2D eigenvalue weighted by Crippen LogP contribution is 2.08. The Balaban J connectivity index is 2.00. The van der Waals surface area contributed by atoms with Gasteiger partial charge >= 0.3 is 0 Å². The first-order valence-corrected chi connectivity index (χ1v) is 12.4. The molecular weight excluding hydrogens is 340 g/mol. The Morgan fingerprint density at radius 1 is 0.536 bits per heavy atom. The monoisotopic (exact) mass is 388 g/mol. The molecule has 0 fully saturated rings. The van der Waals surface area contributed by atoms with Gasteiger partial charge in [-0.15, -0.1) is 0 Å². The average molecular weight is 389 g/mol. The molecule has 0 spiro atoms. The van der Waals surface area contributed by atoms with Crippen LogP contribution in [0, 0.1) is 0 Å². The van der Waals surface area contributed by atoms with E-state index in [2.05, 4.69) is 48.7 Å². The van der Waals surface area contributed by atoms with E-state index in [4.69, 9.17) is 0 Å². The van der Waals surface area contributed by atoms with Crippen LogP contribution in [0.3, 0.4) is 0 Å². The van der Waals surface area contributed by atoms with E-state index in [1.165, 1.54) is 101 Å². The molecule has 1 aromatic carbocycles. The molecule has 28 heavy (non-hydrogen) atoms. The van der Waals surface area contributed by atoms with Crippen LogP contribution in [0.15, 0.2) is 24.3 Å². The molecule has 0 unspecified atom stereocenters. The van der Waals surface area contributed by atoms with Gasteiger partial charge in [-0.05, 0) is 37.1 Å². The van der Waals surface area contributed by atoms with Crippen LogP contribution in [0.4, 0.5) is 0 Å². The second-order valence-electron chi connectivity index (χ2n) is 8.42. The van der Waals surface area contributed by atoms with Gasteiger partial charge in [0.1, 0.15) is 0 Å². The maximum Gasteiger partial charge on any atom is 0.0205 e. The van der Waals surface area contributed by atoms with Crippen LogP contribution in [0.1, 0.15) is 115 Å². The van der Waals surface area contributed by atoms with E-state index in [-0.39, 0.29) is 0 Å². The van der Waals surface area contributed by atoms with E-state index < -0.39 is 0 Å². The lowest BCUT2D eigenvalue weighted by Gasteiger charge is -2.09. The molecule has 0 saturated carbocycles. The summed E-state index contributed by atoms with van der Waals surface area (Å²) in [7, 11) is 0. The molecule has 0 atom stereocenters. The van der Waals surface area contributed by atoms with E-state index in [0.717, 1.165) is 26.2 Å². The van der Waals surface area contributed by atoms with E-state index in [1.807, 2.05) is 0 Å². The fourth-order valence-corrected chi connectivity index (χ4v) is 3.73. The van der Waals surface area contributed by atoms with Crippen LogP contribution in [0.5, 0.6) is 0 Å². The van der Waals surface area contributed by atoms with Crippen molar-refractivity contribution in [3.63, 3.8) is 0 Å². The molecule has 0 bridgehead atoms. The molecule has 2 N–H and O–H groups in total. The Morgan fingerprint density at radius 2 is 0.929 bits per heavy atom. The normalized spacial score (nSPS) is 11.2. The second kappa shape index (κ2) is 19.5. The fourth-order valence-electron chi connectivity index (χ4n) is 3.73. The van der Waals surface area contributed by atoms with E-state index >= 15 is 0 Å². The Labute approximate surface area is 176 Å². The van der Waals surface area contributed by atoms with Crippen LogP contribution >= 0.6 is 0 Å². The molecule has 1 aromatic rings. The van der Waals surface area contributed by atoms with Crippen molar-refractivity contribution in [3.05, 3.63) is 35.4 Å². The highest BCUT2D eigenvalue weighted by Gasteiger charge is 1.98. The third-order valence-corrected chi connectivity index (χ3v) is 5.56. The first-order chi connectivity index (χ1) is 13.9. The Bertz CT molecular complexity index is 407. The van der Waals surface area contributed by atoms with Crippen LogP contribution in [-0.2, 0) is 13.1 Å². The van der Waals surface area contributed by atoms with Crippen molar-refractivity contribution in [2.24, 2.45) is 0 Å². The molecule has 0 aliphatic heterocycles. The van der Waals surface area contributed by atoms with Crippen molar-refractivity contribution < 1.29 is 0 Å². The predicted octanol–water partition coefficient (Wildman–Crippen LogP) is 7.37. The van der Waals surface area contributed by atoms with Gasteiger partial charge in [-0.2, -0.15) is 0 Å². The summed E-state index contributed by atoms with van der Waals surface area (Å²) in [6.45, 7) is 8.86. The molecule has 1 rings (SSSR count). The number of nitrogens with one attached hydrogen (secondary N) is 2. The average Bonchev–Trinajstić information content (AvgIpc) is 2.72. The number of rotatable bonds is 20. The molecule has 0 amide bonds. The van der Waals surface area contributed by atoms with Crippen molar-refractivity contribution >= 4 is 0 Å². The van der Waals surface area contributed by atoms with Crippen molar-refractivity contribution in [2.45, 2.75) is 117 Å². The third-order valence-electron chi connectivity index (χ3n) is 5.56. The van der Waals surface area contributed by atoms with Crippen molar-refractivity contribution in [3.8, 4) is 0 Å². The summed E-state index contributed by atoms with van der Waals surface area (Å²) >= 11 is 0. The maximum atomic E-state index is 3.62. The Kier molecular flexibility index (Phi) is 17.5. The number of hydrogen-bond acceptors (Lipinski definition) is 2. The quantitative estimate of drug-likeness (QED) is 0.228. The summed E-state index contributed by atoms with van der Waals surface area (Å²) in [6, 6.07) is 9.06. The van der Waals surface area contributed by atoms with Crippen LogP contribution in [0.2, 0.25) is 0 Å². The zero-order valence-corrected chi connectivity index (χ0v) is 19.0. The summed E-state index contributed by atoms with van der Waals surface area (Å²) < 4.78 is 0. The van der Waals surface area contributed by atoms with Crippen molar-refractivity contribution in [1.29, 1.82) is 0 Å². The smallest absolute Gasteiger partial charge is 0.0205 e. The Morgan fingerprint density at radius 3 is 1.36 bits per heavy atom. The minimum Gasteiger partial charge on any atom is -0.313 e. The van der Waals surface area contributed by atoms with Gasteiger partial charge in [0.15, 0.2) is 0 Å². The van der Waals surface area contributed by atoms with E-state index in [9.17, 15) is 0 Å². The topological polar surface area (TPSA) is 24.1 Å². The number of unbranched alkanes of at least 4 members (excludes halogenated alkanes) is 12. The number of benzene rings is 1. The lowest BCUT2D eigenvalue weighted by molar-refractivity contribution is 0.560. The molecule has 0 aliphatic carbocycles. The molecule has 0 aromatic heterocycles. The van der Waals surface area contributed by atoms with E-state index in [1.54, 1.807) is 0 Å². The standard InChI is InChI=1S/C26H48N2/c1-3-5-7-9-11-13-15-20-27-23-25-18-17-19-26(22-25)24-28-21-16-14-12-10-8-6-4-2/h17-19,22,27-28H,3-16,20-21,23-24H2,1-2H3. The highest BCUT2D eigenvalue weighted by molar-refractivity contribution is 5.23. The highest BCUT2D eigenvalue weighted by atomic mass is 14.9. The van der Waals surface area contributed by atoms with Gasteiger partial charge in [-0.3, -0.25) is 0 Å². The summed E-state index contributed by atoms with van der Waals surface area (Å²) in [5.74, 6) is 0. The first kappa shape index (κ1) is 25.2. The summed E-state index contributed by atoms with van der Waals surface area (Å²) in [4.78, 5) is 0. The molecule has 0 aliphatic rings. The maximum absolute atomic E-state index is 3.62. The van der Waals surface area contributed by atoms with Crippen LogP contribution in [-0.4, -0.2) is 13.1 Å². The largest absolute Gasteiger partial charge is 0.313 e. The van der Waals surface area contributed by atoms with Crippen molar-refractivity contribution in [1.82, 2.24) is 10.6 Å². The molecule has 0 saturated heterocycles. The summed E-state index contributed by atoms with van der Waals surface area (Å²) in [5, 5.41) is 7.23. The van der Waals surface area contributed by atoms with Gasteiger partial charge in [-0.1, -0.05) is 115 Å². The minimum absolute atomic E-state index is 1.00. The van der Waals surface area contributed by atoms with Gasteiger partial charge in [-0.25, -0.2) is 0 Å². The molecule has 0 heterocycles. The van der Waals surface area contributed by atoms with Crippen molar-refractivity contribution in [2.75, 3.05) is 13.1 Å². The molecule has 0 radical (unpaired) electrons. The van der Waals surface area contributed by atoms with E-state index in [0.29, 0.717) is 0 Å². The van der Waals surface area contributed by atoms with Crippen LogP contribution in [0.25, 0.3) is 0 Å². The minimum atomic E-state index is 1.00. The number of hydrogen-bond donors (Lipinski definition) is 2. The molecule has 2 heteroatoms.